The van der Waals surface area contributed by atoms with E-state index >= 15 is 0 Å². The molecule has 0 bridgehead atoms. The molecule has 0 aliphatic carbocycles. The lowest BCUT2D eigenvalue weighted by atomic mass is 10.0. The Morgan fingerprint density at radius 2 is 1.95 bits per heavy atom. The van der Waals surface area contributed by atoms with Gasteiger partial charge in [-0.25, -0.2) is 4.79 Å². The van der Waals surface area contributed by atoms with Crippen LogP contribution in [0.25, 0.3) is 0 Å². The fourth-order valence-electron chi connectivity index (χ4n) is 2.29. The smallest absolute Gasteiger partial charge is 0.410 e. The molecule has 0 aromatic heterocycles. The molecule has 1 aliphatic heterocycles. The SMILES string of the molecule is Cc1ccc(NC2CN(C(=O)OC(C)(C)C)C2)c(C)c1N. The number of carbonyl (C=O) groups is 1. The highest BCUT2D eigenvalue weighted by molar-refractivity contribution is 5.71. The lowest BCUT2D eigenvalue weighted by Gasteiger charge is -2.40. The number of benzene rings is 1. The predicted molar refractivity (Wildman–Crippen MR) is 85.5 cm³/mol. The number of likely N-dealkylation sites (tertiary alicyclic amines) is 1. The Morgan fingerprint density at radius 3 is 2.52 bits per heavy atom. The summed E-state index contributed by atoms with van der Waals surface area (Å²) in [5.41, 5.74) is 9.59. The lowest BCUT2D eigenvalue weighted by molar-refractivity contribution is 0.0105. The molecule has 1 amide bonds. The van der Waals surface area contributed by atoms with Crippen molar-refractivity contribution in [2.45, 2.75) is 46.3 Å². The fourth-order valence-corrected chi connectivity index (χ4v) is 2.29. The van der Waals surface area contributed by atoms with Crippen molar-refractivity contribution in [3.05, 3.63) is 23.3 Å². The predicted octanol–water partition coefficient (Wildman–Crippen LogP) is 2.92. The molecule has 1 aromatic rings. The van der Waals surface area contributed by atoms with Gasteiger partial charge >= 0.3 is 6.09 Å². The maximum atomic E-state index is 11.9. The van der Waals surface area contributed by atoms with E-state index in [1.807, 2.05) is 46.8 Å². The third kappa shape index (κ3) is 3.60. The highest BCUT2D eigenvalue weighted by Gasteiger charge is 2.33. The van der Waals surface area contributed by atoms with Gasteiger partial charge in [-0.05, 0) is 51.8 Å². The number of nitrogens with two attached hydrogens (primary N) is 1. The van der Waals surface area contributed by atoms with E-state index in [0.29, 0.717) is 13.1 Å². The van der Waals surface area contributed by atoms with Gasteiger partial charge in [0.1, 0.15) is 5.60 Å². The van der Waals surface area contributed by atoms with Gasteiger partial charge in [-0.2, -0.15) is 0 Å². The Bertz CT molecular complexity index is 543. The van der Waals surface area contributed by atoms with Crippen molar-refractivity contribution in [2.75, 3.05) is 24.1 Å². The van der Waals surface area contributed by atoms with Crippen LogP contribution < -0.4 is 11.1 Å². The number of anilines is 2. The summed E-state index contributed by atoms with van der Waals surface area (Å²) in [4.78, 5) is 13.6. The van der Waals surface area contributed by atoms with Gasteiger partial charge in [0.05, 0.1) is 6.04 Å². The third-order valence-corrected chi connectivity index (χ3v) is 3.63. The molecule has 21 heavy (non-hydrogen) atoms. The molecule has 5 heteroatoms. The molecule has 3 N–H and O–H groups in total. The van der Waals surface area contributed by atoms with E-state index in [9.17, 15) is 4.79 Å². The highest BCUT2D eigenvalue weighted by atomic mass is 16.6. The number of nitrogens with zero attached hydrogens (tertiary/aromatic N) is 1. The van der Waals surface area contributed by atoms with Crippen molar-refractivity contribution < 1.29 is 9.53 Å². The Kier molecular flexibility index (Phi) is 4.03. The Hall–Kier alpha value is -1.91. The molecule has 1 aliphatic rings. The summed E-state index contributed by atoms with van der Waals surface area (Å²) in [6.07, 6.45) is -0.249. The summed E-state index contributed by atoms with van der Waals surface area (Å²) in [6.45, 7) is 10.9. The van der Waals surface area contributed by atoms with Gasteiger partial charge in [0.15, 0.2) is 0 Å². The summed E-state index contributed by atoms with van der Waals surface area (Å²) in [6, 6.07) is 4.30. The first kappa shape index (κ1) is 15.5. The molecule has 0 unspecified atom stereocenters. The number of rotatable bonds is 2. The van der Waals surface area contributed by atoms with Gasteiger partial charge in [0.2, 0.25) is 0 Å². The van der Waals surface area contributed by atoms with E-state index in [4.69, 9.17) is 10.5 Å². The topological polar surface area (TPSA) is 67.6 Å². The molecule has 1 fully saturated rings. The second kappa shape index (κ2) is 5.47. The van der Waals surface area contributed by atoms with Crippen LogP contribution in [0.1, 0.15) is 31.9 Å². The summed E-state index contributed by atoms with van der Waals surface area (Å²) in [5, 5.41) is 3.43. The number of ether oxygens (including phenoxy) is 1. The number of nitrogens with one attached hydrogen (secondary N) is 1. The number of carbonyl (C=O) groups excluding carboxylic acids is 1. The molecule has 2 rings (SSSR count). The van der Waals surface area contributed by atoms with Crippen LogP contribution in [0.2, 0.25) is 0 Å². The standard InChI is InChI=1S/C16H25N3O2/c1-10-6-7-13(11(2)14(10)17)18-12-8-19(9-12)15(20)21-16(3,4)5/h6-7,12,18H,8-9,17H2,1-5H3. The molecule has 1 heterocycles. The molecule has 5 nitrogen and oxygen atoms in total. The monoisotopic (exact) mass is 291 g/mol. The van der Waals surface area contributed by atoms with Gasteiger partial charge in [0, 0.05) is 24.5 Å². The molecule has 0 saturated carbocycles. The number of amides is 1. The normalized spacial score (nSPS) is 15.6. The van der Waals surface area contributed by atoms with Crippen LogP contribution in [0.4, 0.5) is 16.2 Å². The van der Waals surface area contributed by atoms with Gasteiger partial charge in [-0.1, -0.05) is 6.07 Å². The van der Waals surface area contributed by atoms with Crippen LogP contribution in [-0.4, -0.2) is 35.7 Å². The zero-order chi connectivity index (χ0) is 15.8. The summed E-state index contributed by atoms with van der Waals surface area (Å²) in [5.74, 6) is 0. The van der Waals surface area contributed by atoms with E-state index in [0.717, 1.165) is 22.5 Å². The minimum Gasteiger partial charge on any atom is -0.444 e. The first-order valence-electron chi connectivity index (χ1n) is 7.27. The zero-order valence-corrected chi connectivity index (χ0v) is 13.5. The largest absolute Gasteiger partial charge is 0.444 e. The first-order valence-corrected chi connectivity index (χ1v) is 7.27. The van der Waals surface area contributed by atoms with Crippen molar-refractivity contribution in [3.63, 3.8) is 0 Å². The Morgan fingerprint density at radius 1 is 1.33 bits per heavy atom. The minimum absolute atomic E-state index is 0.248. The highest BCUT2D eigenvalue weighted by Crippen LogP contribution is 2.26. The van der Waals surface area contributed by atoms with E-state index in [1.54, 1.807) is 4.90 Å². The van der Waals surface area contributed by atoms with Gasteiger partial charge in [0.25, 0.3) is 0 Å². The number of aryl methyl sites for hydroxylation is 1. The van der Waals surface area contributed by atoms with Crippen LogP contribution in [0, 0.1) is 13.8 Å². The minimum atomic E-state index is -0.447. The van der Waals surface area contributed by atoms with Crippen LogP contribution >= 0.6 is 0 Å². The molecule has 0 spiro atoms. The number of hydrogen-bond acceptors (Lipinski definition) is 4. The number of hydrogen-bond donors (Lipinski definition) is 2. The first-order chi connectivity index (χ1) is 9.67. The molecule has 1 saturated heterocycles. The molecule has 1 aromatic carbocycles. The van der Waals surface area contributed by atoms with Crippen LogP contribution in [0.15, 0.2) is 12.1 Å². The molecule has 0 atom stereocenters. The zero-order valence-electron chi connectivity index (χ0n) is 13.5. The molecular formula is C16H25N3O2. The van der Waals surface area contributed by atoms with E-state index in [1.165, 1.54) is 0 Å². The lowest BCUT2D eigenvalue weighted by Crippen LogP contribution is -2.58. The van der Waals surface area contributed by atoms with E-state index in [-0.39, 0.29) is 12.1 Å². The second-order valence-corrected chi connectivity index (χ2v) is 6.70. The fraction of sp³-hybridized carbons (Fsp3) is 0.562. The Labute approximate surface area is 126 Å². The molecular weight excluding hydrogens is 266 g/mol. The quantitative estimate of drug-likeness (QED) is 0.822. The van der Waals surface area contributed by atoms with Crippen molar-refractivity contribution in [3.8, 4) is 0 Å². The van der Waals surface area contributed by atoms with Gasteiger partial charge in [-0.3, -0.25) is 0 Å². The number of nitrogen functional groups attached to an aromatic ring is 1. The van der Waals surface area contributed by atoms with Crippen LogP contribution in [-0.2, 0) is 4.74 Å². The van der Waals surface area contributed by atoms with Gasteiger partial charge in [-0.15, -0.1) is 0 Å². The van der Waals surface area contributed by atoms with Crippen LogP contribution in [0.3, 0.4) is 0 Å². The van der Waals surface area contributed by atoms with Crippen molar-refractivity contribution in [2.24, 2.45) is 0 Å². The summed E-state index contributed by atoms with van der Waals surface area (Å²) >= 11 is 0. The maximum Gasteiger partial charge on any atom is 0.410 e. The van der Waals surface area contributed by atoms with E-state index in [2.05, 4.69) is 5.32 Å². The van der Waals surface area contributed by atoms with Crippen molar-refractivity contribution in [1.29, 1.82) is 0 Å². The summed E-state index contributed by atoms with van der Waals surface area (Å²) < 4.78 is 5.34. The van der Waals surface area contributed by atoms with Crippen molar-refractivity contribution >= 4 is 17.5 Å². The average molecular weight is 291 g/mol. The molecule has 116 valence electrons. The average Bonchev–Trinajstić information content (AvgIpc) is 2.30. The van der Waals surface area contributed by atoms with Gasteiger partial charge < -0.3 is 20.7 Å². The van der Waals surface area contributed by atoms with Crippen molar-refractivity contribution in [1.82, 2.24) is 4.90 Å². The third-order valence-electron chi connectivity index (χ3n) is 3.63. The second-order valence-electron chi connectivity index (χ2n) is 6.70. The van der Waals surface area contributed by atoms with E-state index < -0.39 is 5.60 Å². The summed E-state index contributed by atoms with van der Waals surface area (Å²) in [7, 11) is 0. The molecule has 0 radical (unpaired) electrons. The maximum absolute atomic E-state index is 11.9. The Balaban J connectivity index is 1.89. The van der Waals surface area contributed by atoms with Crippen LogP contribution in [0.5, 0.6) is 0 Å².